The van der Waals surface area contributed by atoms with E-state index in [1.807, 2.05) is 36.1 Å². The molecule has 22 heavy (non-hydrogen) atoms. The van der Waals surface area contributed by atoms with Crippen molar-refractivity contribution in [3.8, 4) is 11.4 Å². The third-order valence-corrected chi connectivity index (χ3v) is 4.15. The summed E-state index contributed by atoms with van der Waals surface area (Å²) in [4.78, 5) is 18.6. The highest BCUT2D eigenvalue weighted by Crippen LogP contribution is 2.20. The van der Waals surface area contributed by atoms with E-state index in [4.69, 9.17) is 5.11 Å². The molecule has 3 rings (SSSR count). The van der Waals surface area contributed by atoms with Gasteiger partial charge in [-0.2, -0.15) is 5.10 Å². The van der Waals surface area contributed by atoms with Gasteiger partial charge in [-0.3, -0.25) is 9.89 Å². The van der Waals surface area contributed by atoms with Gasteiger partial charge >= 0.3 is 0 Å². The van der Waals surface area contributed by atoms with Crippen LogP contribution in [0.4, 0.5) is 0 Å². The zero-order chi connectivity index (χ0) is 15.5. The molecule has 6 nitrogen and oxygen atoms in total. The Bertz CT molecular complexity index is 642. The lowest BCUT2D eigenvalue weighted by Gasteiger charge is -2.31. The Kier molecular flexibility index (Phi) is 4.20. The maximum atomic E-state index is 12.5. The van der Waals surface area contributed by atoms with Crippen LogP contribution in [0.15, 0.2) is 24.3 Å². The summed E-state index contributed by atoms with van der Waals surface area (Å²) in [5.41, 5.74) is 1.57. The van der Waals surface area contributed by atoms with Crippen LogP contribution >= 0.6 is 0 Å². The molecule has 0 bridgehead atoms. The van der Waals surface area contributed by atoms with Crippen molar-refractivity contribution < 1.29 is 9.90 Å². The van der Waals surface area contributed by atoms with Crippen molar-refractivity contribution in [2.24, 2.45) is 5.92 Å². The number of H-pyrrole nitrogens is 1. The first-order chi connectivity index (χ1) is 10.7. The summed E-state index contributed by atoms with van der Waals surface area (Å²) in [6.07, 6.45) is 1.74. The van der Waals surface area contributed by atoms with E-state index < -0.39 is 0 Å². The molecule has 2 aromatic rings. The minimum absolute atomic E-state index is 0.0501. The van der Waals surface area contributed by atoms with Gasteiger partial charge in [-0.15, -0.1) is 0 Å². The Morgan fingerprint density at radius 3 is 2.55 bits per heavy atom. The van der Waals surface area contributed by atoms with Gasteiger partial charge in [0, 0.05) is 30.8 Å². The quantitative estimate of drug-likeness (QED) is 0.902. The summed E-state index contributed by atoms with van der Waals surface area (Å²) in [5.74, 6) is 1.79. The third-order valence-electron chi connectivity index (χ3n) is 4.15. The summed E-state index contributed by atoms with van der Waals surface area (Å²) >= 11 is 0. The molecular formula is C16H20N4O2. The number of aliphatic hydroxyl groups is 1. The minimum atomic E-state index is 0.0501. The number of nitrogens with zero attached hydrogens (tertiary/aromatic N) is 3. The lowest BCUT2D eigenvalue weighted by molar-refractivity contribution is 0.0651. The van der Waals surface area contributed by atoms with Crippen LogP contribution < -0.4 is 0 Å². The fourth-order valence-corrected chi connectivity index (χ4v) is 2.73. The topological polar surface area (TPSA) is 82.1 Å². The van der Waals surface area contributed by atoms with E-state index >= 15 is 0 Å². The Hall–Kier alpha value is -2.21. The van der Waals surface area contributed by atoms with Gasteiger partial charge in [-0.05, 0) is 37.8 Å². The van der Waals surface area contributed by atoms with Gasteiger partial charge in [0.25, 0.3) is 5.91 Å². The Labute approximate surface area is 129 Å². The van der Waals surface area contributed by atoms with E-state index in [0.717, 1.165) is 24.2 Å². The van der Waals surface area contributed by atoms with Crippen LogP contribution in [0.25, 0.3) is 11.4 Å². The fourth-order valence-electron chi connectivity index (χ4n) is 2.73. The molecule has 2 heterocycles. The van der Waals surface area contributed by atoms with Gasteiger partial charge in [0.1, 0.15) is 5.82 Å². The van der Waals surface area contributed by atoms with Crippen molar-refractivity contribution in [3.63, 3.8) is 0 Å². The second kappa shape index (κ2) is 6.27. The summed E-state index contributed by atoms with van der Waals surface area (Å²) in [6.45, 7) is 3.50. The number of likely N-dealkylation sites (tertiary alicyclic amines) is 1. The SMILES string of the molecule is Cc1nc(-c2ccc(C(=O)N3CCC(CO)CC3)cc2)n[nH]1. The van der Waals surface area contributed by atoms with E-state index in [9.17, 15) is 4.79 Å². The van der Waals surface area contributed by atoms with E-state index in [0.29, 0.717) is 30.4 Å². The molecule has 0 saturated carbocycles. The van der Waals surface area contributed by atoms with E-state index in [-0.39, 0.29) is 12.5 Å². The van der Waals surface area contributed by atoms with E-state index in [1.54, 1.807) is 0 Å². The number of hydrogen-bond donors (Lipinski definition) is 2. The van der Waals surface area contributed by atoms with Crippen LogP contribution in [0.2, 0.25) is 0 Å². The van der Waals surface area contributed by atoms with Crippen molar-refractivity contribution in [3.05, 3.63) is 35.7 Å². The van der Waals surface area contributed by atoms with Crippen LogP contribution in [-0.4, -0.2) is 50.8 Å². The second-order valence-electron chi connectivity index (χ2n) is 5.74. The Morgan fingerprint density at radius 1 is 1.32 bits per heavy atom. The number of aliphatic hydroxyl groups excluding tert-OH is 1. The average Bonchev–Trinajstić information content (AvgIpc) is 3.01. The number of hydrogen-bond acceptors (Lipinski definition) is 4. The standard InChI is InChI=1S/C16H20N4O2/c1-11-17-15(19-18-11)13-2-4-14(5-3-13)16(22)20-8-6-12(10-21)7-9-20/h2-5,12,21H,6-10H2,1H3,(H,17,18,19). The zero-order valence-corrected chi connectivity index (χ0v) is 12.6. The molecule has 0 atom stereocenters. The number of carbonyl (C=O) groups is 1. The number of aromatic nitrogens is 3. The van der Waals surface area contributed by atoms with Crippen molar-refractivity contribution in [1.29, 1.82) is 0 Å². The monoisotopic (exact) mass is 300 g/mol. The molecule has 0 radical (unpaired) electrons. The van der Waals surface area contributed by atoms with Crippen LogP contribution in [0.1, 0.15) is 29.0 Å². The number of amides is 1. The molecule has 6 heteroatoms. The molecule has 0 spiro atoms. The van der Waals surface area contributed by atoms with Crippen molar-refractivity contribution in [2.75, 3.05) is 19.7 Å². The normalized spacial score (nSPS) is 16.0. The van der Waals surface area contributed by atoms with E-state index in [2.05, 4.69) is 15.2 Å². The molecule has 2 N–H and O–H groups in total. The molecule has 1 saturated heterocycles. The fraction of sp³-hybridized carbons (Fsp3) is 0.438. The molecule has 0 aliphatic carbocycles. The first-order valence-electron chi connectivity index (χ1n) is 7.57. The van der Waals surface area contributed by atoms with Gasteiger partial charge in [-0.1, -0.05) is 12.1 Å². The molecule has 1 amide bonds. The lowest BCUT2D eigenvalue weighted by Crippen LogP contribution is -2.39. The molecule has 1 aromatic carbocycles. The number of benzene rings is 1. The van der Waals surface area contributed by atoms with Crippen LogP contribution in [0.3, 0.4) is 0 Å². The highest BCUT2D eigenvalue weighted by Gasteiger charge is 2.23. The molecule has 1 aliphatic rings. The largest absolute Gasteiger partial charge is 0.396 e. The van der Waals surface area contributed by atoms with Crippen LogP contribution in [0, 0.1) is 12.8 Å². The van der Waals surface area contributed by atoms with Gasteiger partial charge in [0.15, 0.2) is 5.82 Å². The highest BCUT2D eigenvalue weighted by molar-refractivity contribution is 5.94. The first kappa shape index (κ1) is 14.7. The predicted octanol–water partition coefficient (Wildman–Crippen LogP) is 1.62. The molecule has 0 unspecified atom stereocenters. The third kappa shape index (κ3) is 3.01. The summed E-state index contributed by atoms with van der Waals surface area (Å²) in [6, 6.07) is 7.38. The summed E-state index contributed by atoms with van der Waals surface area (Å²) < 4.78 is 0. The number of aryl methyl sites for hydroxylation is 1. The molecular weight excluding hydrogens is 280 g/mol. The maximum absolute atomic E-state index is 12.5. The minimum Gasteiger partial charge on any atom is -0.396 e. The summed E-state index contributed by atoms with van der Waals surface area (Å²) in [7, 11) is 0. The highest BCUT2D eigenvalue weighted by atomic mass is 16.3. The number of rotatable bonds is 3. The Morgan fingerprint density at radius 2 is 2.00 bits per heavy atom. The van der Waals surface area contributed by atoms with Crippen molar-refractivity contribution >= 4 is 5.91 Å². The van der Waals surface area contributed by atoms with Crippen LogP contribution in [0.5, 0.6) is 0 Å². The van der Waals surface area contributed by atoms with Crippen LogP contribution in [-0.2, 0) is 0 Å². The van der Waals surface area contributed by atoms with E-state index in [1.165, 1.54) is 0 Å². The van der Waals surface area contributed by atoms with Crippen molar-refractivity contribution in [2.45, 2.75) is 19.8 Å². The number of aromatic amines is 1. The molecule has 116 valence electrons. The maximum Gasteiger partial charge on any atom is 0.253 e. The summed E-state index contributed by atoms with van der Waals surface area (Å²) in [5, 5.41) is 16.1. The van der Waals surface area contributed by atoms with Gasteiger partial charge in [0.05, 0.1) is 0 Å². The second-order valence-corrected chi connectivity index (χ2v) is 5.74. The Balaban J connectivity index is 1.69. The average molecular weight is 300 g/mol. The lowest BCUT2D eigenvalue weighted by atomic mass is 9.97. The smallest absolute Gasteiger partial charge is 0.253 e. The molecule has 1 fully saturated rings. The van der Waals surface area contributed by atoms with Crippen molar-refractivity contribution in [1.82, 2.24) is 20.1 Å². The van der Waals surface area contributed by atoms with Gasteiger partial charge in [-0.25, -0.2) is 4.98 Å². The predicted molar refractivity (Wildman–Crippen MR) is 82.3 cm³/mol. The number of piperidine rings is 1. The van der Waals surface area contributed by atoms with Gasteiger partial charge < -0.3 is 10.0 Å². The first-order valence-corrected chi connectivity index (χ1v) is 7.57. The molecule has 1 aromatic heterocycles. The number of nitrogens with one attached hydrogen (secondary N) is 1. The number of carbonyl (C=O) groups excluding carboxylic acids is 1. The molecule has 1 aliphatic heterocycles. The van der Waals surface area contributed by atoms with Gasteiger partial charge in [0.2, 0.25) is 0 Å². The zero-order valence-electron chi connectivity index (χ0n) is 12.6.